The van der Waals surface area contributed by atoms with E-state index in [4.69, 9.17) is 4.74 Å². The van der Waals surface area contributed by atoms with Crippen LogP contribution in [0.5, 0.6) is 5.88 Å². The van der Waals surface area contributed by atoms with Gasteiger partial charge in [0.1, 0.15) is 5.82 Å². The molecule has 2 aromatic heterocycles. The van der Waals surface area contributed by atoms with E-state index in [2.05, 4.69) is 20.2 Å². The number of H-pyrrole nitrogens is 1. The number of pyridine rings is 2. The lowest BCUT2D eigenvalue weighted by molar-refractivity contribution is 0.101. The molecule has 5 rings (SSSR count). The maximum atomic E-state index is 15.5. The molecule has 1 amide bonds. The summed E-state index contributed by atoms with van der Waals surface area (Å²) >= 11 is 0. The molecule has 0 unspecified atom stereocenters. The predicted molar refractivity (Wildman–Crippen MR) is 142 cm³/mol. The molecule has 1 aliphatic carbocycles. The second-order valence-corrected chi connectivity index (χ2v) is 10.2. The zero-order valence-corrected chi connectivity index (χ0v) is 21.7. The Hall–Kier alpha value is -3.86. The van der Waals surface area contributed by atoms with Gasteiger partial charge in [-0.1, -0.05) is 0 Å². The monoisotopic (exact) mass is 541 g/mol. The number of alkyl halides is 2. The Morgan fingerprint density at radius 1 is 1.23 bits per heavy atom. The molecule has 1 saturated heterocycles. The van der Waals surface area contributed by atoms with Gasteiger partial charge in [0.2, 0.25) is 11.4 Å². The molecule has 2 N–H and O–H groups in total. The van der Waals surface area contributed by atoms with Gasteiger partial charge in [0.25, 0.3) is 12.3 Å². The van der Waals surface area contributed by atoms with Gasteiger partial charge in [0.05, 0.1) is 23.5 Å². The molecule has 11 heteroatoms. The van der Waals surface area contributed by atoms with Gasteiger partial charge in [-0.25, -0.2) is 18.2 Å². The van der Waals surface area contributed by atoms with Crippen LogP contribution in [-0.2, 0) is 0 Å². The van der Waals surface area contributed by atoms with E-state index < -0.39 is 29.3 Å². The third-order valence-corrected chi connectivity index (χ3v) is 7.28. The van der Waals surface area contributed by atoms with Crippen LogP contribution in [0.1, 0.15) is 42.1 Å². The van der Waals surface area contributed by atoms with Gasteiger partial charge in [-0.3, -0.25) is 9.59 Å². The average molecular weight is 542 g/mol. The van der Waals surface area contributed by atoms with Gasteiger partial charge < -0.3 is 24.8 Å². The molecule has 206 valence electrons. The van der Waals surface area contributed by atoms with Crippen LogP contribution in [0.2, 0.25) is 0 Å². The number of nitrogens with zero attached hydrogens (tertiary/aromatic N) is 3. The van der Waals surface area contributed by atoms with Crippen molar-refractivity contribution in [3.8, 4) is 17.0 Å². The third-order valence-electron chi connectivity index (χ3n) is 7.28. The lowest BCUT2D eigenvalue weighted by Gasteiger charge is -2.39. The number of nitrogens with one attached hydrogen (secondary N) is 2. The normalized spacial score (nSPS) is 17.9. The lowest BCUT2D eigenvalue weighted by Crippen LogP contribution is -2.50. The maximum absolute atomic E-state index is 15.5. The van der Waals surface area contributed by atoms with Crippen molar-refractivity contribution in [2.24, 2.45) is 5.92 Å². The topological polar surface area (TPSA) is 90.6 Å². The molecule has 2 aliphatic rings. The lowest BCUT2D eigenvalue weighted by atomic mass is 10.0. The van der Waals surface area contributed by atoms with Crippen molar-refractivity contribution in [3.63, 3.8) is 0 Å². The number of anilines is 2. The molecule has 1 aliphatic heterocycles. The number of likely N-dealkylation sites (N-methyl/N-ethyl adjacent to an activating group) is 1. The van der Waals surface area contributed by atoms with Crippen molar-refractivity contribution < 1.29 is 22.7 Å². The fraction of sp³-hybridized carbons (Fsp3) is 0.393. The largest absolute Gasteiger partial charge is 0.477 e. The molecular weight excluding hydrogens is 511 g/mol. The molecule has 0 bridgehead atoms. The molecule has 1 saturated carbocycles. The summed E-state index contributed by atoms with van der Waals surface area (Å²) in [6, 6.07) is 7.07. The number of aromatic nitrogens is 2. The molecule has 0 radical (unpaired) electrons. The molecular formula is C28H30F3N5O3. The summed E-state index contributed by atoms with van der Waals surface area (Å²) in [7, 11) is 2.00. The Balaban J connectivity index is 1.50. The summed E-state index contributed by atoms with van der Waals surface area (Å²) in [6.45, 7) is 4.52. The molecule has 3 aromatic rings. The van der Waals surface area contributed by atoms with E-state index in [1.165, 1.54) is 18.3 Å². The SMILES string of the molecule is C[C@H]1CN(c2cc(F)c(-c3ccc(OCC4CC4)nc3)cc2NC(=O)c2c[nH]c(=O)cc2C(F)F)CCN1C. The number of rotatable bonds is 8. The highest BCUT2D eigenvalue weighted by molar-refractivity contribution is 6.07. The number of carbonyl (C=O) groups is 1. The first-order valence-electron chi connectivity index (χ1n) is 12.9. The predicted octanol–water partition coefficient (Wildman–Crippen LogP) is 4.70. The third kappa shape index (κ3) is 6.08. The average Bonchev–Trinajstić information content (AvgIpc) is 3.75. The van der Waals surface area contributed by atoms with Crippen LogP contribution in [0.4, 0.5) is 24.5 Å². The Labute approximate surface area is 223 Å². The second kappa shape index (κ2) is 11.1. The standard InChI is InChI=1S/C28H30F3N5O3/c1-16-14-36(8-7-35(16)2)24-11-22(29)19(18-5-6-26(33-12-18)39-15-17-3-4-17)9-23(24)34-28(38)21-13-32-25(37)10-20(21)27(30)31/h5-6,9-13,16-17,27H,3-4,7-8,14-15H2,1-2H3,(H,32,37)(H,34,38)/t16-/m0/s1. The number of carbonyl (C=O) groups excluding carboxylic acids is 1. The van der Waals surface area contributed by atoms with Gasteiger partial charge in [-0.15, -0.1) is 0 Å². The van der Waals surface area contributed by atoms with Crippen LogP contribution >= 0.6 is 0 Å². The summed E-state index contributed by atoms with van der Waals surface area (Å²) in [5.41, 5.74) is -0.439. The molecule has 8 nitrogen and oxygen atoms in total. The highest BCUT2D eigenvalue weighted by Crippen LogP contribution is 2.36. The van der Waals surface area contributed by atoms with E-state index in [9.17, 15) is 18.4 Å². The van der Waals surface area contributed by atoms with Gasteiger partial charge in [0.15, 0.2) is 0 Å². The number of ether oxygens (including phenoxy) is 1. The van der Waals surface area contributed by atoms with Crippen LogP contribution < -0.4 is 20.5 Å². The molecule has 1 aromatic carbocycles. The number of benzene rings is 1. The van der Waals surface area contributed by atoms with Crippen molar-refractivity contribution in [1.29, 1.82) is 0 Å². The van der Waals surface area contributed by atoms with Crippen molar-refractivity contribution in [2.45, 2.75) is 32.2 Å². The van der Waals surface area contributed by atoms with Crippen LogP contribution in [0.3, 0.4) is 0 Å². The number of hydrogen-bond donors (Lipinski definition) is 2. The van der Waals surface area contributed by atoms with E-state index in [1.807, 2.05) is 18.9 Å². The highest BCUT2D eigenvalue weighted by atomic mass is 19.3. The fourth-order valence-electron chi connectivity index (χ4n) is 4.58. The summed E-state index contributed by atoms with van der Waals surface area (Å²) in [6.07, 6.45) is 1.73. The van der Waals surface area contributed by atoms with E-state index in [0.717, 1.165) is 25.6 Å². The van der Waals surface area contributed by atoms with Gasteiger partial charge >= 0.3 is 0 Å². The summed E-state index contributed by atoms with van der Waals surface area (Å²) in [4.78, 5) is 35.5. The van der Waals surface area contributed by atoms with Crippen LogP contribution in [0.25, 0.3) is 11.1 Å². The minimum absolute atomic E-state index is 0.169. The Kier molecular flexibility index (Phi) is 7.60. The Bertz CT molecular complexity index is 1410. The number of hydrogen-bond acceptors (Lipinski definition) is 6. The zero-order chi connectivity index (χ0) is 27.7. The van der Waals surface area contributed by atoms with E-state index >= 15 is 4.39 Å². The summed E-state index contributed by atoms with van der Waals surface area (Å²) in [5, 5.41) is 2.69. The Morgan fingerprint density at radius 3 is 2.69 bits per heavy atom. The van der Waals surface area contributed by atoms with Crippen molar-refractivity contribution >= 4 is 17.3 Å². The Morgan fingerprint density at radius 2 is 2.03 bits per heavy atom. The fourth-order valence-corrected chi connectivity index (χ4v) is 4.58. The zero-order valence-electron chi connectivity index (χ0n) is 21.7. The number of amides is 1. The van der Waals surface area contributed by atoms with Crippen molar-refractivity contribution in [2.75, 3.05) is 43.5 Å². The number of halogens is 3. The molecule has 0 spiro atoms. The summed E-state index contributed by atoms with van der Waals surface area (Å²) in [5.74, 6) is -0.349. The summed E-state index contributed by atoms with van der Waals surface area (Å²) < 4.78 is 48.4. The van der Waals surface area contributed by atoms with Crippen LogP contribution in [0, 0.1) is 11.7 Å². The van der Waals surface area contributed by atoms with Crippen LogP contribution in [-0.4, -0.2) is 60.1 Å². The van der Waals surface area contributed by atoms with E-state index in [-0.39, 0.29) is 22.9 Å². The number of piperazine rings is 1. The smallest absolute Gasteiger partial charge is 0.264 e. The second-order valence-electron chi connectivity index (χ2n) is 10.2. The highest BCUT2D eigenvalue weighted by Gasteiger charge is 2.27. The molecule has 3 heterocycles. The quantitative estimate of drug-likeness (QED) is 0.430. The van der Waals surface area contributed by atoms with E-state index in [0.29, 0.717) is 48.8 Å². The first-order valence-corrected chi connectivity index (χ1v) is 12.9. The van der Waals surface area contributed by atoms with E-state index in [1.54, 1.807) is 12.1 Å². The molecule has 2 fully saturated rings. The van der Waals surface area contributed by atoms with Gasteiger partial charge in [-0.05, 0) is 50.9 Å². The van der Waals surface area contributed by atoms with Crippen LogP contribution in [0.15, 0.2) is 47.5 Å². The molecule has 1 atom stereocenters. The minimum Gasteiger partial charge on any atom is -0.477 e. The maximum Gasteiger partial charge on any atom is 0.264 e. The number of aromatic amines is 1. The first-order chi connectivity index (χ1) is 18.7. The minimum atomic E-state index is -3.03. The first kappa shape index (κ1) is 26.7. The van der Waals surface area contributed by atoms with Gasteiger partial charge in [-0.2, -0.15) is 0 Å². The van der Waals surface area contributed by atoms with Crippen molar-refractivity contribution in [3.05, 3.63) is 70.0 Å². The molecule has 39 heavy (non-hydrogen) atoms. The van der Waals surface area contributed by atoms with Gasteiger partial charge in [0, 0.05) is 66.9 Å². The van der Waals surface area contributed by atoms with Crippen molar-refractivity contribution in [1.82, 2.24) is 14.9 Å².